The van der Waals surface area contributed by atoms with E-state index in [1.54, 1.807) is 24.3 Å². The van der Waals surface area contributed by atoms with Crippen LogP contribution in [0.15, 0.2) is 42.5 Å². The van der Waals surface area contributed by atoms with Gasteiger partial charge in [0.25, 0.3) is 0 Å². The number of hydrogen-bond donors (Lipinski definition) is 1. The molecule has 0 saturated carbocycles. The summed E-state index contributed by atoms with van der Waals surface area (Å²) in [5, 5.41) is 3.15. The van der Waals surface area contributed by atoms with Crippen LogP contribution in [0, 0.1) is 11.6 Å². The number of benzene rings is 2. The summed E-state index contributed by atoms with van der Waals surface area (Å²) in [7, 11) is 0. The number of hydrogen-bond acceptors (Lipinski definition) is 2. The van der Waals surface area contributed by atoms with E-state index in [4.69, 9.17) is 11.6 Å². The van der Waals surface area contributed by atoms with E-state index >= 15 is 0 Å². The maximum absolute atomic E-state index is 13.6. The monoisotopic (exact) mass is 355 g/mol. The van der Waals surface area contributed by atoms with Crippen LogP contribution in [0.25, 0.3) is 0 Å². The first-order chi connectivity index (χ1) is 11.1. The summed E-state index contributed by atoms with van der Waals surface area (Å²) in [6, 6.07) is 10.7. The van der Waals surface area contributed by atoms with Gasteiger partial charge in [0.2, 0.25) is 5.91 Å². The Bertz CT molecular complexity index is 644. The second kappa shape index (κ2) is 8.89. The molecule has 23 heavy (non-hydrogen) atoms. The molecule has 1 N–H and O–H groups in total. The number of nitrogens with one attached hydrogen (secondary N) is 1. The van der Waals surface area contributed by atoms with Crippen molar-refractivity contribution in [3.05, 3.63) is 70.2 Å². The van der Waals surface area contributed by atoms with E-state index in [1.807, 2.05) is 0 Å². The minimum Gasteiger partial charge on any atom is -0.355 e. The van der Waals surface area contributed by atoms with Crippen LogP contribution < -0.4 is 5.32 Å². The van der Waals surface area contributed by atoms with Crippen LogP contribution in [0.1, 0.15) is 11.1 Å². The Morgan fingerprint density at radius 3 is 2.57 bits per heavy atom. The zero-order valence-electron chi connectivity index (χ0n) is 12.3. The molecule has 0 saturated heterocycles. The van der Waals surface area contributed by atoms with Gasteiger partial charge in [0.15, 0.2) is 0 Å². The first-order valence-corrected chi connectivity index (χ1v) is 8.61. The lowest BCUT2D eigenvalue weighted by molar-refractivity contribution is -0.118. The van der Waals surface area contributed by atoms with Gasteiger partial charge in [-0.1, -0.05) is 29.8 Å². The van der Waals surface area contributed by atoms with Crippen LogP contribution in [0.5, 0.6) is 0 Å². The van der Waals surface area contributed by atoms with Crippen molar-refractivity contribution in [2.45, 2.75) is 12.2 Å². The van der Waals surface area contributed by atoms with E-state index in [0.29, 0.717) is 29.3 Å². The smallest absolute Gasteiger partial charge is 0.230 e. The highest BCUT2D eigenvalue weighted by Gasteiger charge is 2.08. The summed E-state index contributed by atoms with van der Waals surface area (Å²) < 4.78 is 26.3. The van der Waals surface area contributed by atoms with Gasteiger partial charge in [-0.25, -0.2) is 8.78 Å². The molecule has 2 nitrogen and oxygen atoms in total. The van der Waals surface area contributed by atoms with E-state index in [-0.39, 0.29) is 23.3 Å². The fraction of sp³-hybridized carbons (Fsp3) is 0.235. The van der Waals surface area contributed by atoms with Gasteiger partial charge in [-0.05, 0) is 36.2 Å². The second-order valence-electron chi connectivity index (χ2n) is 4.92. The van der Waals surface area contributed by atoms with Gasteiger partial charge in [-0.2, -0.15) is 0 Å². The highest BCUT2D eigenvalue weighted by molar-refractivity contribution is 7.99. The van der Waals surface area contributed by atoms with Crippen molar-refractivity contribution in [3.63, 3.8) is 0 Å². The molecule has 0 aliphatic heterocycles. The fourth-order valence-corrected chi connectivity index (χ4v) is 3.16. The number of carbonyl (C=O) groups is 1. The Hall–Kier alpha value is -1.59. The van der Waals surface area contributed by atoms with Gasteiger partial charge in [-0.3, -0.25) is 4.79 Å². The molecule has 0 radical (unpaired) electrons. The maximum Gasteiger partial charge on any atom is 0.230 e. The zero-order chi connectivity index (χ0) is 16.7. The van der Waals surface area contributed by atoms with Crippen molar-refractivity contribution in [1.29, 1.82) is 0 Å². The van der Waals surface area contributed by atoms with E-state index in [0.717, 1.165) is 5.56 Å². The lowest BCUT2D eigenvalue weighted by Crippen LogP contribution is -2.27. The van der Waals surface area contributed by atoms with Crippen molar-refractivity contribution in [1.82, 2.24) is 5.32 Å². The topological polar surface area (TPSA) is 29.1 Å². The Morgan fingerprint density at radius 1 is 1.13 bits per heavy atom. The highest BCUT2D eigenvalue weighted by atomic mass is 35.5. The van der Waals surface area contributed by atoms with Crippen molar-refractivity contribution in [2.24, 2.45) is 0 Å². The molecule has 0 aliphatic carbocycles. The SMILES string of the molecule is O=C(CSCc1c(F)cccc1Cl)NCCc1ccc(F)cc1. The minimum atomic E-state index is -0.360. The first-order valence-electron chi connectivity index (χ1n) is 7.08. The molecule has 6 heteroatoms. The average Bonchev–Trinajstić information content (AvgIpc) is 2.52. The molecule has 0 atom stereocenters. The molecule has 0 heterocycles. The summed E-state index contributed by atoms with van der Waals surface area (Å²) in [4.78, 5) is 11.7. The molecule has 2 aromatic rings. The van der Waals surface area contributed by atoms with Gasteiger partial charge >= 0.3 is 0 Å². The lowest BCUT2D eigenvalue weighted by Gasteiger charge is -2.07. The normalized spacial score (nSPS) is 10.6. The number of thioether (sulfide) groups is 1. The molecule has 0 aromatic heterocycles. The number of carbonyl (C=O) groups excluding carboxylic acids is 1. The Kier molecular flexibility index (Phi) is 6.86. The predicted octanol–water partition coefficient (Wildman–Crippen LogP) is 4.21. The standard InChI is InChI=1S/C17H16ClF2NOS/c18-15-2-1-3-16(20)14(15)10-23-11-17(22)21-9-8-12-4-6-13(19)7-5-12/h1-7H,8-11H2,(H,21,22). The van der Waals surface area contributed by atoms with Crippen molar-refractivity contribution < 1.29 is 13.6 Å². The molecule has 2 aromatic carbocycles. The van der Waals surface area contributed by atoms with Crippen molar-refractivity contribution in [3.8, 4) is 0 Å². The van der Waals surface area contributed by atoms with Gasteiger partial charge in [0.05, 0.1) is 5.75 Å². The number of amides is 1. The third kappa shape index (κ3) is 5.84. The summed E-state index contributed by atoms with van der Waals surface area (Å²) in [6.07, 6.45) is 0.635. The van der Waals surface area contributed by atoms with Gasteiger partial charge in [0.1, 0.15) is 11.6 Å². The largest absolute Gasteiger partial charge is 0.355 e. The van der Waals surface area contributed by atoms with Gasteiger partial charge in [0, 0.05) is 22.9 Å². The van der Waals surface area contributed by atoms with E-state index < -0.39 is 0 Å². The molecule has 0 aliphatic rings. The second-order valence-corrected chi connectivity index (χ2v) is 6.31. The summed E-state index contributed by atoms with van der Waals surface area (Å²) >= 11 is 7.23. The summed E-state index contributed by atoms with van der Waals surface area (Å²) in [5.41, 5.74) is 1.37. The van der Waals surface area contributed by atoms with Crippen LogP contribution >= 0.6 is 23.4 Å². The third-order valence-corrected chi connectivity index (χ3v) is 4.50. The van der Waals surface area contributed by atoms with E-state index in [9.17, 15) is 13.6 Å². The van der Waals surface area contributed by atoms with Crippen LogP contribution in [0.2, 0.25) is 5.02 Å². The summed E-state index contributed by atoms with van der Waals surface area (Å²) in [6.45, 7) is 0.478. The first kappa shape index (κ1) is 17.8. The van der Waals surface area contributed by atoms with Crippen molar-refractivity contribution >= 4 is 29.3 Å². The number of rotatable bonds is 7. The molecule has 1 amide bonds. The molecule has 0 unspecified atom stereocenters. The molecular formula is C17H16ClF2NOS. The zero-order valence-corrected chi connectivity index (χ0v) is 13.9. The van der Waals surface area contributed by atoms with Crippen LogP contribution in [0.3, 0.4) is 0 Å². The average molecular weight is 356 g/mol. The summed E-state index contributed by atoms with van der Waals surface area (Å²) in [5.74, 6) is -0.183. The molecule has 0 bridgehead atoms. The highest BCUT2D eigenvalue weighted by Crippen LogP contribution is 2.23. The lowest BCUT2D eigenvalue weighted by atomic mass is 10.1. The molecular weight excluding hydrogens is 340 g/mol. The molecule has 122 valence electrons. The van der Waals surface area contributed by atoms with Crippen LogP contribution in [0.4, 0.5) is 8.78 Å². The van der Waals surface area contributed by atoms with E-state index in [2.05, 4.69) is 5.32 Å². The Labute approximate surface area is 143 Å². The molecule has 0 spiro atoms. The molecule has 2 rings (SSSR count). The minimum absolute atomic E-state index is 0.121. The van der Waals surface area contributed by atoms with Gasteiger partial charge < -0.3 is 5.32 Å². The fourth-order valence-electron chi connectivity index (χ4n) is 1.96. The van der Waals surface area contributed by atoms with E-state index in [1.165, 1.54) is 30.0 Å². The Balaban J connectivity index is 1.68. The molecule has 0 fully saturated rings. The van der Waals surface area contributed by atoms with Crippen LogP contribution in [-0.2, 0) is 17.0 Å². The van der Waals surface area contributed by atoms with Crippen LogP contribution in [-0.4, -0.2) is 18.2 Å². The number of halogens is 3. The predicted molar refractivity (Wildman–Crippen MR) is 90.7 cm³/mol. The third-order valence-electron chi connectivity index (χ3n) is 3.19. The van der Waals surface area contributed by atoms with Crippen molar-refractivity contribution in [2.75, 3.05) is 12.3 Å². The maximum atomic E-state index is 13.6. The Morgan fingerprint density at radius 2 is 1.87 bits per heavy atom. The quantitative estimate of drug-likeness (QED) is 0.806. The van der Waals surface area contributed by atoms with Gasteiger partial charge in [-0.15, -0.1) is 11.8 Å².